The van der Waals surface area contributed by atoms with Gasteiger partial charge in [-0.25, -0.2) is 4.98 Å². The van der Waals surface area contributed by atoms with Gasteiger partial charge in [-0.05, 0) is 72.3 Å². The Morgan fingerprint density at radius 3 is 2.20 bits per heavy atom. The fourth-order valence-corrected chi connectivity index (χ4v) is 4.10. The molecule has 3 N–H and O–H groups in total. The molecule has 0 aliphatic carbocycles. The molecule has 0 aliphatic rings. The van der Waals surface area contributed by atoms with Gasteiger partial charge in [0.15, 0.2) is 0 Å². The van der Waals surface area contributed by atoms with Gasteiger partial charge in [-0.2, -0.15) is 0 Å². The summed E-state index contributed by atoms with van der Waals surface area (Å²) in [5.74, 6) is -0.618. The SMILES string of the molecule is O=C(CSc1ccc(NC(=O)/C(=C/c2ccc([N+](=O)[O-])cc2)NC(=O)c2ccccc2)cc1)Nc1ccccn1. The van der Waals surface area contributed by atoms with Crippen molar-refractivity contribution in [2.45, 2.75) is 4.90 Å². The molecule has 200 valence electrons. The second-order valence-corrected chi connectivity index (χ2v) is 9.31. The van der Waals surface area contributed by atoms with Gasteiger partial charge < -0.3 is 16.0 Å². The zero-order chi connectivity index (χ0) is 28.3. The van der Waals surface area contributed by atoms with Gasteiger partial charge in [0.2, 0.25) is 5.91 Å². The van der Waals surface area contributed by atoms with Crippen LogP contribution in [0.15, 0.2) is 114 Å². The number of pyridine rings is 1. The molecule has 1 heterocycles. The van der Waals surface area contributed by atoms with Crippen molar-refractivity contribution in [1.29, 1.82) is 0 Å². The second kappa shape index (κ2) is 13.5. The Hall–Kier alpha value is -5.29. The lowest BCUT2D eigenvalue weighted by atomic mass is 10.1. The highest BCUT2D eigenvalue weighted by Gasteiger charge is 2.16. The van der Waals surface area contributed by atoms with E-state index in [4.69, 9.17) is 0 Å². The minimum Gasteiger partial charge on any atom is -0.321 e. The van der Waals surface area contributed by atoms with Crippen LogP contribution in [0, 0.1) is 10.1 Å². The van der Waals surface area contributed by atoms with Crippen molar-refractivity contribution >= 4 is 52.8 Å². The quantitative estimate of drug-likeness (QED) is 0.107. The van der Waals surface area contributed by atoms with Crippen LogP contribution in [0.3, 0.4) is 0 Å². The summed E-state index contributed by atoms with van der Waals surface area (Å²) in [7, 11) is 0. The summed E-state index contributed by atoms with van der Waals surface area (Å²) in [6.45, 7) is 0. The molecule has 1 aromatic heterocycles. The number of carbonyl (C=O) groups excluding carboxylic acids is 3. The number of thioether (sulfide) groups is 1. The van der Waals surface area contributed by atoms with E-state index in [0.29, 0.717) is 22.6 Å². The molecule has 0 bridgehead atoms. The smallest absolute Gasteiger partial charge is 0.272 e. The third-order valence-corrected chi connectivity index (χ3v) is 6.37. The van der Waals surface area contributed by atoms with E-state index < -0.39 is 16.7 Å². The maximum absolute atomic E-state index is 13.2. The summed E-state index contributed by atoms with van der Waals surface area (Å²) in [6.07, 6.45) is 3.03. The first kappa shape index (κ1) is 27.7. The minimum atomic E-state index is -0.585. The van der Waals surface area contributed by atoms with E-state index in [1.54, 1.807) is 79.0 Å². The monoisotopic (exact) mass is 553 g/mol. The van der Waals surface area contributed by atoms with Crippen molar-refractivity contribution in [2.75, 3.05) is 16.4 Å². The molecular weight excluding hydrogens is 530 g/mol. The Morgan fingerprint density at radius 2 is 1.55 bits per heavy atom. The summed E-state index contributed by atoms with van der Waals surface area (Å²) in [5, 5.41) is 19.1. The van der Waals surface area contributed by atoms with Crippen molar-refractivity contribution in [3.63, 3.8) is 0 Å². The molecule has 0 aliphatic heterocycles. The van der Waals surface area contributed by atoms with Crippen LogP contribution >= 0.6 is 11.8 Å². The average molecular weight is 554 g/mol. The molecule has 40 heavy (non-hydrogen) atoms. The van der Waals surface area contributed by atoms with Gasteiger partial charge in [0.25, 0.3) is 17.5 Å². The fraction of sp³-hybridized carbons (Fsp3) is 0.0345. The number of anilines is 2. The molecule has 0 unspecified atom stereocenters. The third-order valence-electron chi connectivity index (χ3n) is 5.36. The lowest BCUT2D eigenvalue weighted by molar-refractivity contribution is -0.384. The number of hydrogen-bond acceptors (Lipinski definition) is 7. The minimum absolute atomic E-state index is 0.0487. The molecule has 3 amide bonds. The van der Waals surface area contributed by atoms with Crippen LogP contribution in [-0.4, -0.2) is 33.4 Å². The van der Waals surface area contributed by atoms with Gasteiger partial charge >= 0.3 is 0 Å². The average Bonchev–Trinajstić information content (AvgIpc) is 2.97. The summed E-state index contributed by atoms with van der Waals surface area (Å²) >= 11 is 1.32. The molecule has 0 spiro atoms. The van der Waals surface area contributed by atoms with Gasteiger partial charge in [-0.3, -0.25) is 24.5 Å². The van der Waals surface area contributed by atoms with E-state index in [0.717, 1.165) is 4.90 Å². The molecule has 3 aromatic carbocycles. The summed E-state index contributed by atoms with van der Waals surface area (Å²) in [5.41, 5.74) is 1.17. The van der Waals surface area contributed by atoms with Crippen LogP contribution in [0.1, 0.15) is 15.9 Å². The Morgan fingerprint density at radius 1 is 0.850 bits per heavy atom. The lowest BCUT2D eigenvalue weighted by Gasteiger charge is -2.12. The Balaban J connectivity index is 1.43. The van der Waals surface area contributed by atoms with Gasteiger partial charge in [0, 0.05) is 34.5 Å². The van der Waals surface area contributed by atoms with Crippen molar-refractivity contribution in [3.05, 3.63) is 130 Å². The molecule has 0 fully saturated rings. The highest BCUT2D eigenvalue weighted by atomic mass is 32.2. The Bertz CT molecular complexity index is 1530. The molecule has 11 heteroatoms. The second-order valence-electron chi connectivity index (χ2n) is 8.26. The third kappa shape index (κ3) is 8.10. The highest BCUT2D eigenvalue weighted by molar-refractivity contribution is 8.00. The number of nitrogens with one attached hydrogen (secondary N) is 3. The number of nitro benzene ring substituents is 1. The van der Waals surface area contributed by atoms with Crippen LogP contribution < -0.4 is 16.0 Å². The standard InChI is InChI=1S/C29H23N5O5S/c35-27(33-26-8-4-5-17-30-26)19-40-24-15-11-22(12-16-24)31-29(37)25(32-28(36)21-6-2-1-3-7-21)18-20-9-13-23(14-10-20)34(38)39/h1-18H,19H2,(H,31,37)(H,32,36)(H,30,33,35)/b25-18-. The molecule has 0 saturated heterocycles. The van der Waals surface area contributed by atoms with E-state index in [2.05, 4.69) is 20.9 Å². The van der Waals surface area contributed by atoms with E-state index >= 15 is 0 Å². The molecule has 0 radical (unpaired) electrons. The molecule has 10 nitrogen and oxygen atoms in total. The predicted molar refractivity (Wildman–Crippen MR) is 154 cm³/mol. The number of hydrogen-bond donors (Lipinski definition) is 3. The summed E-state index contributed by atoms with van der Waals surface area (Å²) in [6, 6.07) is 26.1. The van der Waals surface area contributed by atoms with Gasteiger partial charge in [-0.15, -0.1) is 11.8 Å². The number of carbonyl (C=O) groups is 3. The van der Waals surface area contributed by atoms with Crippen LogP contribution in [0.2, 0.25) is 0 Å². The van der Waals surface area contributed by atoms with Crippen LogP contribution in [-0.2, 0) is 9.59 Å². The van der Waals surface area contributed by atoms with Crippen LogP contribution in [0.5, 0.6) is 0 Å². The van der Waals surface area contributed by atoms with Crippen molar-refractivity contribution < 1.29 is 19.3 Å². The summed E-state index contributed by atoms with van der Waals surface area (Å²) in [4.78, 5) is 53.4. The van der Waals surface area contributed by atoms with Crippen molar-refractivity contribution in [2.24, 2.45) is 0 Å². The number of nitrogens with zero attached hydrogens (tertiary/aromatic N) is 2. The number of aromatic nitrogens is 1. The van der Waals surface area contributed by atoms with E-state index in [1.807, 2.05) is 0 Å². The van der Waals surface area contributed by atoms with Crippen molar-refractivity contribution in [3.8, 4) is 0 Å². The van der Waals surface area contributed by atoms with E-state index in [9.17, 15) is 24.5 Å². The molecule has 0 atom stereocenters. The first-order valence-corrected chi connectivity index (χ1v) is 12.9. The molecule has 4 aromatic rings. The molecule has 0 saturated carbocycles. The van der Waals surface area contributed by atoms with Gasteiger partial charge in [0.1, 0.15) is 11.5 Å². The van der Waals surface area contributed by atoms with E-state index in [-0.39, 0.29) is 23.0 Å². The number of amides is 3. The predicted octanol–water partition coefficient (Wildman–Crippen LogP) is 5.13. The fourth-order valence-electron chi connectivity index (χ4n) is 3.40. The zero-order valence-electron chi connectivity index (χ0n) is 20.9. The summed E-state index contributed by atoms with van der Waals surface area (Å²) < 4.78 is 0. The first-order valence-electron chi connectivity index (χ1n) is 11.9. The Kier molecular flexibility index (Phi) is 9.35. The maximum Gasteiger partial charge on any atom is 0.272 e. The van der Waals surface area contributed by atoms with Crippen LogP contribution in [0.25, 0.3) is 6.08 Å². The lowest BCUT2D eigenvalue weighted by Crippen LogP contribution is -2.30. The Labute approximate surface area is 233 Å². The highest BCUT2D eigenvalue weighted by Crippen LogP contribution is 2.21. The maximum atomic E-state index is 13.2. The van der Waals surface area contributed by atoms with Gasteiger partial charge in [0.05, 0.1) is 10.7 Å². The van der Waals surface area contributed by atoms with Gasteiger partial charge in [-0.1, -0.05) is 24.3 Å². The number of non-ortho nitro benzene ring substituents is 1. The van der Waals surface area contributed by atoms with E-state index in [1.165, 1.54) is 42.1 Å². The first-order chi connectivity index (χ1) is 19.4. The largest absolute Gasteiger partial charge is 0.321 e. The topological polar surface area (TPSA) is 143 Å². The zero-order valence-corrected chi connectivity index (χ0v) is 21.8. The van der Waals surface area contributed by atoms with Crippen molar-refractivity contribution in [1.82, 2.24) is 10.3 Å². The number of rotatable bonds is 10. The number of nitro groups is 1. The number of benzene rings is 3. The molecule has 4 rings (SSSR count). The van der Waals surface area contributed by atoms with Crippen LogP contribution in [0.4, 0.5) is 17.2 Å². The normalized spacial score (nSPS) is 10.8. The molecular formula is C29H23N5O5S.